The molecule has 4 heteroatoms. The minimum absolute atomic E-state index is 0.0866. The van der Waals surface area contributed by atoms with Crippen LogP contribution in [-0.4, -0.2) is 47.2 Å². The molecule has 13 heavy (non-hydrogen) atoms. The van der Waals surface area contributed by atoms with E-state index in [4.69, 9.17) is 0 Å². The fourth-order valence-corrected chi connectivity index (χ4v) is 1.48. The SMILES string of the molecule is CC(=O)NCC1(O)CN(C(C)C)C1. The lowest BCUT2D eigenvalue weighted by Gasteiger charge is -2.48. The lowest BCUT2D eigenvalue weighted by Crippen LogP contribution is -2.67. The molecule has 0 unspecified atom stereocenters. The lowest BCUT2D eigenvalue weighted by molar-refractivity contribution is -0.127. The summed E-state index contributed by atoms with van der Waals surface area (Å²) in [6, 6.07) is 0.470. The van der Waals surface area contributed by atoms with Gasteiger partial charge in [0.05, 0.1) is 0 Å². The second-order valence-electron chi connectivity index (χ2n) is 4.13. The molecule has 0 aliphatic carbocycles. The van der Waals surface area contributed by atoms with E-state index in [1.165, 1.54) is 6.92 Å². The van der Waals surface area contributed by atoms with E-state index < -0.39 is 5.60 Å². The third-order valence-electron chi connectivity index (χ3n) is 2.39. The first-order valence-electron chi connectivity index (χ1n) is 4.64. The van der Waals surface area contributed by atoms with Crippen LogP contribution in [0.2, 0.25) is 0 Å². The molecule has 0 atom stereocenters. The van der Waals surface area contributed by atoms with Gasteiger partial charge in [0.1, 0.15) is 5.60 Å². The van der Waals surface area contributed by atoms with Gasteiger partial charge in [-0.2, -0.15) is 0 Å². The van der Waals surface area contributed by atoms with Crippen LogP contribution in [0.1, 0.15) is 20.8 Å². The molecule has 0 saturated carbocycles. The largest absolute Gasteiger partial charge is 0.385 e. The molecular weight excluding hydrogens is 168 g/mol. The number of rotatable bonds is 3. The summed E-state index contributed by atoms with van der Waals surface area (Å²) in [7, 11) is 0. The van der Waals surface area contributed by atoms with Crippen LogP contribution in [0, 0.1) is 0 Å². The van der Waals surface area contributed by atoms with Crippen LogP contribution in [0.3, 0.4) is 0 Å². The van der Waals surface area contributed by atoms with Crippen molar-refractivity contribution in [3.8, 4) is 0 Å². The molecule has 76 valence electrons. The van der Waals surface area contributed by atoms with E-state index in [0.717, 1.165) is 0 Å². The van der Waals surface area contributed by atoms with E-state index in [9.17, 15) is 9.90 Å². The smallest absolute Gasteiger partial charge is 0.216 e. The standard InChI is InChI=1S/C9H18N2O2/c1-7(2)11-5-9(13,6-11)4-10-8(3)12/h7,13H,4-6H2,1-3H3,(H,10,12). The van der Waals surface area contributed by atoms with E-state index in [2.05, 4.69) is 24.1 Å². The molecule has 1 amide bonds. The topological polar surface area (TPSA) is 52.6 Å². The molecule has 1 fully saturated rings. The molecule has 1 rings (SSSR count). The Hall–Kier alpha value is -0.610. The predicted octanol–water partition coefficient (Wildman–Crippen LogP) is -0.422. The number of carbonyl (C=O) groups excluding carboxylic acids is 1. The molecule has 1 aliphatic rings. The molecular formula is C9H18N2O2. The average molecular weight is 186 g/mol. The number of hydrogen-bond acceptors (Lipinski definition) is 3. The highest BCUT2D eigenvalue weighted by atomic mass is 16.3. The van der Waals surface area contributed by atoms with Crippen molar-refractivity contribution in [3.63, 3.8) is 0 Å². The monoisotopic (exact) mass is 186 g/mol. The van der Waals surface area contributed by atoms with Crippen LogP contribution in [0.5, 0.6) is 0 Å². The van der Waals surface area contributed by atoms with Gasteiger partial charge in [-0.25, -0.2) is 0 Å². The Morgan fingerprint density at radius 1 is 1.62 bits per heavy atom. The zero-order chi connectivity index (χ0) is 10.1. The van der Waals surface area contributed by atoms with Crippen molar-refractivity contribution >= 4 is 5.91 Å². The van der Waals surface area contributed by atoms with E-state index in [0.29, 0.717) is 25.7 Å². The van der Waals surface area contributed by atoms with Crippen LogP contribution in [0.4, 0.5) is 0 Å². The number of nitrogens with zero attached hydrogens (tertiary/aromatic N) is 1. The van der Waals surface area contributed by atoms with Crippen LogP contribution < -0.4 is 5.32 Å². The van der Waals surface area contributed by atoms with Crippen molar-refractivity contribution in [2.45, 2.75) is 32.4 Å². The molecule has 0 aromatic carbocycles. The maximum atomic E-state index is 10.6. The van der Waals surface area contributed by atoms with Crippen molar-refractivity contribution in [1.82, 2.24) is 10.2 Å². The second-order valence-corrected chi connectivity index (χ2v) is 4.13. The summed E-state index contributed by atoms with van der Waals surface area (Å²) in [6.07, 6.45) is 0. The number of aliphatic hydroxyl groups is 1. The first kappa shape index (κ1) is 10.5. The van der Waals surface area contributed by atoms with Gasteiger partial charge >= 0.3 is 0 Å². The van der Waals surface area contributed by atoms with E-state index in [1.807, 2.05) is 0 Å². The maximum Gasteiger partial charge on any atom is 0.216 e. The zero-order valence-corrected chi connectivity index (χ0v) is 8.50. The summed E-state index contributed by atoms with van der Waals surface area (Å²) in [5, 5.41) is 12.5. The van der Waals surface area contributed by atoms with Gasteiger partial charge < -0.3 is 10.4 Å². The third kappa shape index (κ3) is 2.67. The fraction of sp³-hybridized carbons (Fsp3) is 0.889. The normalized spacial score (nSPS) is 21.3. The van der Waals surface area contributed by atoms with Crippen molar-refractivity contribution in [2.24, 2.45) is 0 Å². The Labute approximate surface area is 78.9 Å². The number of hydrogen-bond donors (Lipinski definition) is 2. The summed E-state index contributed by atoms with van der Waals surface area (Å²) < 4.78 is 0. The summed E-state index contributed by atoms with van der Waals surface area (Å²) in [5.41, 5.74) is -0.698. The van der Waals surface area contributed by atoms with E-state index >= 15 is 0 Å². The molecule has 1 heterocycles. The van der Waals surface area contributed by atoms with Gasteiger partial charge in [-0.15, -0.1) is 0 Å². The highest BCUT2D eigenvalue weighted by molar-refractivity contribution is 5.72. The van der Waals surface area contributed by atoms with Crippen molar-refractivity contribution in [1.29, 1.82) is 0 Å². The third-order valence-corrected chi connectivity index (χ3v) is 2.39. The molecule has 4 nitrogen and oxygen atoms in total. The maximum absolute atomic E-state index is 10.6. The number of amides is 1. The number of β-amino-alcohol motifs (C(OH)–C–C–N with tert-alkyl or cyclic N) is 1. The fourth-order valence-electron chi connectivity index (χ4n) is 1.48. The Morgan fingerprint density at radius 2 is 2.15 bits per heavy atom. The lowest BCUT2D eigenvalue weighted by atomic mass is 9.92. The van der Waals surface area contributed by atoms with Crippen molar-refractivity contribution < 1.29 is 9.90 Å². The first-order valence-corrected chi connectivity index (χ1v) is 4.64. The van der Waals surface area contributed by atoms with Crippen molar-refractivity contribution in [2.75, 3.05) is 19.6 Å². The van der Waals surface area contributed by atoms with Gasteiger partial charge in [0, 0.05) is 32.6 Å². The molecule has 1 aliphatic heterocycles. The Bertz CT molecular complexity index is 198. The van der Waals surface area contributed by atoms with Crippen LogP contribution in [-0.2, 0) is 4.79 Å². The van der Waals surface area contributed by atoms with Gasteiger partial charge in [-0.05, 0) is 13.8 Å². The van der Waals surface area contributed by atoms with Crippen LogP contribution in [0.25, 0.3) is 0 Å². The predicted molar refractivity (Wildman–Crippen MR) is 50.3 cm³/mol. The summed E-state index contributed by atoms with van der Waals surface area (Å²) in [6.45, 7) is 7.33. The number of nitrogens with one attached hydrogen (secondary N) is 1. The van der Waals surface area contributed by atoms with Crippen molar-refractivity contribution in [3.05, 3.63) is 0 Å². The summed E-state index contributed by atoms with van der Waals surface area (Å²) in [5.74, 6) is -0.0866. The molecule has 0 aromatic rings. The quantitative estimate of drug-likeness (QED) is 0.629. The molecule has 2 N–H and O–H groups in total. The van der Waals surface area contributed by atoms with Gasteiger partial charge in [0.25, 0.3) is 0 Å². The van der Waals surface area contributed by atoms with Gasteiger partial charge in [-0.3, -0.25) is 9.69 Å². The van der Waals surface area contributed by atoms with Crippen LogP contribution >= 0.6 is 0 Å². The molecule has 0 spiro atoms. The Morgan fingerprint density at radius 3 is 2.54 bits per heavy atom. The molecule has 0 bridgehead atoms. The minimum atomic E-state index is -0.698. The van der Waals surface area contributed by atoms with E-state index in [-0.39, 0.29) is 5.91 Å². The summed E-state index contributed by atoms with van der Waals surface area (Å²) in [4.78, 5) is 12.8. The van der Waals surface area contributed by atoms with Gasteiger partial charge in [0.2, 0.25) is 5.91 Å². The second kappa shape index (κ2) is 3.64. The molecule has 0 radical (unpaired) electrons. The highest BCUT2D eigenvalue weighted by Gasteiger charge is 2.41. The van der Waals surface area contributed by atoms with Gasteiger partial charge in [-0.1, -0.05) is 0 Å². The zero-order valence-electron chi connectivity index (χ0n) is 8.50. The first-order chi connectivity index (χ1) is 5.93. The van der Waals surface area contributed by atoms with Gasteiger partial charge in [0.15, 0.2) is 0 Å². The number of likely N-dealkylation sites (tertiary alicyclic amines) is 1. The Balaban J connectivity index is 2.25. The summed E-state index contributed by atoms with van der Waals surface area (Å²) >= 11 is 0. The average Bonchev–Trinajstić information content (AvgIpc) is 1.95. The van der Waals surface area contributed by atoms with E-state index in [1.54, 1.807) is 0 Å². The number of carbonyl (C=O) groups is 1. The Kier molecular flexibility index (Phi) is 2.93. The molecule has 1 saturated heterocycles. The molecule has 0 aromatic heterocycles. The highest BCUT2D eigenvalue weighted by Crippen LogP contribution is 2.21. The minimum Gasteiger partial charge on any atom is -0.385 e. The van der Waals surface area contributed by atoms with Crippen LogP contribution in [0.15, 0.2) is 0 Å².